The van der Waals surface area contributed by atoms with Gasteiger partial charge in [0, 0.05) is 32.2 Å². The maximum atomic E-state index is 13.0. The molecule has 2 aliphatic heterocycles. The minimum absolute atomic E-state index is 0.206. The van der Waals surface area contributed by atoms with E-state index in [1.165, 1.54) is 0 Å². The highest BCUT2D eigenvalue weighted by Gasteiger charge is 2.21. The molecule has 4 rings (SSSR count). The molecular weight excluding hydrogens is 366 g/mol. The van der Waals surface area contributed by atoms with E-state index in [9.17, 15) is 4.79 Å². The van der Waals surface area contributed by atoms with Gasteiger partial charge in [-0.15, -0.1) is 0 Å². The van der Waals surface area contributed by atoms with Crippen LogP contribution in [-0.2, 0) is 4.74 Å². The molecule has 1 aromatic heterocycles. The molecule has 29 heavy (non-hydrogen) atoms. The number of hydrogen-bond donors (Lipinski definition) is 1. The Morgan fingerprint density at radius 3 is 2.55 bits per heavy atom. The van der Waals surface area contributed by atoms with Crippen LogP contribution in [0.2, 0.25) is 0 Å². The number of aromatic nitrogens is 2. The first kappa shape index (κ1) is 19.6. The van der Waals surface area contributed by atoms with Crippen LogP contribution >= 0.6 is 0 Å². The van der Waals surface area contributed by atoms with Gasteiger partial charge in [0.1, 0.15) is 17.3 Å². The maximum absolute atomic E-state index is 13.0. The lowest BCUT2D eigenvalue weighted by atomic mass is 9.99. The Hall–Kier alpha value is -2.67. The van der Waals surface area contributed by atoms with E-state index < -0.39 is 0 Å². The van der Waals surface area contributed by atoms with Crippen molar-refractivity contribution in [3.8, 4) is 0 Å². The summed E-state index contributed by atoms with van der Waals surface area (Å²) in [6.07, 6.45) is 2.30. The van der Waals surface area contributed by atoms with E-state index >= 15 is 0 Å². The lowest BCUT2D eigenvalue weighted by Gasteiger charge is -2.31. The Morgan fingerprint density at radius 2 is 1.79 bits per heavy atom. The van der Waals surface area contributed by atoms with Crippen molar-refractivity contribution in [1.29, 1.82) is 0 Å². The standard InChI is InChI=1S/C22H29N5O2/c1-16-7-9-27(10-8-16)21-15-19(23-17(2)24-21)22(28)25-18-5-3-4-6-20(18)26-11-13-29-14-12-26/h3-6,15-16H,7-14H2,1-2H3,(H,25,28). The molecule has 0 saturated carbocycles. The lowest BCUT2D eigenvalue weighted by molar-refractivity contribution is 0.102. The number of ether oxygens (including phenoxy) is 1. The van der Waals surface area contributed by atoms with Crippen LogP contribution in [0.4, 0.5) is 17.2 Å². The number of amides is 1. The number of carbonyl (C=O) groups excluding carboxylic acids is 1. The third-order valence-electron chi connectivity index (χ3n) is 5.67. The van der Waals surface area contributed by atoms with Gasteiger partial charge in [-0.25, -0.2) is 9.97 Å². The molecule has 154 valence electrons. The highest BCUT2D eigenvalue weighted by molar-refractivity contribution is 6.05. The largest absolute Gasteiger partial charge is 0.378 e. The number of para-hydroxylation sites is 2. The van der Waals surface area contributed by atoms with Gasteiger partial charge in [-0.3, -0.25) is 4.79 Å². The fourth-order valence-electron chi connectivity index (χ4n) is 3.91. The van der Waals surface area contributed by atoms with Gasteiger partial charge in [-0.05, 0) is 37.8 Å². The van der Waals surface area contributed by atoms with Gasteiger partial charge in [0.15, 0.2) is 0 Å². The van der Waals surface area contributed by atoms with E-state index in [2.05, 4.69) is 32.0 Å². The highest BCUT2D eigenvalue weighted by Crippen LogP contribution is 2.27. The van der Waals surface area contributed by atoms with Crippen LogP contribution in [-0.4, -0.2) is 55.3 Å². The average molecular weight is 396 g/mol. The Morgan fingerprint density at radius 1 is 1.07 bits per heavy atom. The number of rotatable bonds is 4. The van der Waals surface area contributed by atoms with Gasteiger partial charge < -0.3 is 19.9 Å². The molecular formula is C22H29N5O2. The number of nitrogens with one attached hydrogen (secondary N) is 1. The molecule has 7 nitrogen and oxygen atoms in total. The molecule has 0 bridgehead atoms. The zero-order chi connectivity index (χ0) is 20.2. The monoisotopic (exact) mass is 395 g/mol. The zero-order valence-electron chi connectivity index (χ0n) is 17.2. The maximum Gasteiger partial charge on any atom is 0.274 e. The average Bonchev–Trinajstić information content (AvgIpc) is 2.75. The van der Waals surface area contributed by atoms with Crippen LogP contribution in [0.3, 0.4) is 0 Å². The molecule has 0 unspecified atom stereocenters. The van der Waals surface area contributed by atoms with E-state index in [0.29, 0.717) is 24.7 Å². The first-order valence-electron chi connectivity index (χ1n) is 10.4. The van der Waals surface area contributed by atoms with Gasteiger partial charge in [-0.1, -0.05) is 19.1 Å². The van der Waals surface area contributed by atoms with E-state index in [-0.39, 0.29) is 5.91 Å². The number of carbonyl (C=O) groups is 1. The van der Waals surface area contributed by atoms with Crippen molar-refractivity contribution in [1.82, 2.24) is 9.97 Å². The van der Waals surface area contributed by atoms with Crippen molar-refractivity contribution in [2.75, 3.05) is 54.5 Å². The van der Waals surface area contributed by atoms with Crippen molar-refractivity contribution in [2.24, 2.45) is 5.92 Å². The number of anilines is 3. The van der Waals surface area contributed by atoms with E-state index in [1.54, 1.807) is 0 Å². The van der Waals surface area contributed by atoms with Crippen molar-refractivity contribution in [2.45, 2.75) is 26.7 Å². The molecule has 2 aromatic rings. The third-order valence-corrected chi connectivity index (χ3v) is 5.67. The summed E-state index contributed by atoms with van der Waals surface area (Å²) in [6.45, 7) is 9.10. The number of benzene rings is 1. The van der Waals surface area contributed by atoms with Gasteiger partial charge in [0.25, 0.3) is 5.91 Å². The Labute approximate surface area is 172 Å². The summed E-state index contributed by atoms with van der Waals surface area (Å²) in [5.74, 6) is 2.00. The summed E-state index contributed by atoms with van der Waals surface area (Å²) in [5, 5.41) is 3.06. The SMILES string of the molecule is Cc1nc(C(=O)Nc2ccccc2N2CCOCC2)cc(N2CCC(C)CC2)n1. The number of aryl methyl sites for hydroxylation is 1. The third kappa shape index (κ3) is 4.67. The highest BCUT2D eigenvalue weighted by atomic mass is 16.5. The van der Waals surface area contributed by atoms with Gasteiger partial charge in [0.05, 0.1) is 24.6 Å². The molecule has 7 heteroatoms. The molecule has 1 amide bonds. The predicted molar refractivity (Wildman–Crippen MR) is 115 cm³/mol. The number of piperidine rings is 1. The summed E-state index contributed by atoms with van der Waals surface area (Å²) in [6, 6.07) is 9.71. The zero-order valence-corrected chi connectivity index (χ0v) is 17.2. The molecule has 3 heterocycles. The van der Waals surface area contributed by atoms with Crippen molar-refractivity contribution >= 4 is 23.1 Å². The van der Waals surface area contributed by atoms with Gasteiger partial charge in [0.2, 0.25) is 0 Å². The summed E-state index contributed by atoms with van der Waals surface area (Å²) in [5.41, 5.74) is 2.21. The van der Waals surface area contributed by atoms with Gasteiger partial charge in [-0.2, -0.15) is 0 Å². The molecule has 0 spiro atoms. The summed E-state index contributed by atoms with van der Waals surface area (Å²) in [4.78, 5) is 26.5. The quantitative estimate of drug-likeness (QED) is 0.858. The second kappa shape index (κ2) is 8.78. The molecule has 0 atom stereocenters. The van der Waals surface area contributed by atoms with Crippen molar-refractivity contribution in [3.63, 3.8) is 0 Å². The molecule has 2 fully saturated rings. The fraction of sp³-hybridized carbons (Fsp3) is 0.500. The normalized spacial score (nSPS) is 18.0. The van der Waals surface area contributed by atoms with Crippen LogP contribution < -0.4 is 15.1 Å². The minimum atomic E-state index is -0.206. The first-order valence-corrected chi connectivity index (χ1v) is 10.4. The summed E-state index contributed by atoms with van der Waals surface area (Å²) >= 11 is 0. The van der Waals surface area contributed by atoms with Crippen LogP contribution in [0.25, 0.3) is 0 Å². The molecule has 0 aliphatic carbocycles. The van der Waals surface area contributed by atoms with Crippen LogP contribution in [0, 0.1) is 12.8 Å². The van der Waals surface area contributed by atoms with Crippen LogP contribution in [0.15, 0.2) is 30.3 Å². The van der Waals surface area contributed by atoms with E-state index in [0.717, 1.165) is 62.1 Å². The second-order valence-corrected chi connectivity index (χ2v) is 7.90. The Bertz CT molecular complexity index is 858. The van der Waals surface area contributed by atoms with E-state index in [4.69, 9.17) is 4.74 Å². The molecule has 2 aliphatic rings. The topological polar surface area (TPSA) is 70.6 Å². The van der Waals surface area contributed by atoms with Crippen molar-refractivity contribution in [3.05, 3.63) is 41.9 Å². The first-order chi connectivity index (χ1) is 14.1. The number of nitrogens with zero attached hydrogens (tertiary/aromatic N) is 4. The summed E-state index contributed by atoms with van der Waals surface area (Å²) in [7, 11) is 0. The molecule has 1 N–H and O–H groups in total. The number of morpholine rings is 1. The minimum Gasteiger partial charge on any atom is -0.378 e. The molecule has 2 saturated heterocycles. The second-order valence-electron chi connectivity index (χ2n) is 7.90. The predicted octanol–water partition coefficient (Wildman–Crippen LogP) is 3.11. The van der Waals surface area contributed by atoms with Crippen LogP contribution in [0.1, 0.15) is 36.1 Å². The summed E-state index contributed by atoms with van der Waals surface area (Å²) < 4.78 is 5.45. The number of hydrogen-bond acceptors (Lipinski definition) is 6. The smallest absolute Gasteiger partial charge is 0.274 e. The molecule has 0 radical (unpaired) electrons. The Balaban J connectivity index is 1.53. The van der Waals surface area contributed by atoms with Gasteiger partial charge >= 0.3 is 0 Å². The van der Waals surface area contributed by atoms with E-state index in [1.807, 2.05) is 37.3 Å². The van der Waals surface area contributed by atoms with Crippen LogP contribution in [0.5, 0.6) is 0 Å². The fourth-order valence-corrected chi connectivity index (χ4v) is 3.91. The lowest BCUT2D eigenvalue weighted by Crippen LogP contribution is -2.36. The van der Waals surface area contributed by atoms with Crippen molar-refractivity contribution < 1.29 is 9.53 Å². The molecule has 1 aromatic carbocycles. The Kier molecular flexibility index (Phi) is 5.94.